The Labute approximate surface area is 192 Å². The molecule has 0 spiro atoms. The largest absolute Gasteiger partial charge is 0.310 e. The van der Waals surface area contributed by atoms with E-state index in [0.717, 1.165) is 21.1 Å². The summed E-state index contributed by atoms with van der Waals surface area (Å²) in [7, 11) is 0. The molecule has 3 rings (SSSR count). The monoisotopic (exact) mass is 513 g/mol. The number of rotatable bonds is 4. The molecule has 0 N–H and O–H groups in total. The number of benzene rings is 3. The van der Waals surface area contributed by atoms with Gasteiger partial charge in [-0.2, -0.15) is 0 Å². The van der Waals surface area contributed by atoms with Crippen LogP contribution >= 0.6 is 31.9 Å². The molecular formula is C26H29Br2N. The molecule has 0 saturated heterocycles. The number of hydrogen-bond donors (Lipinski definition) is 0. The van der Waals surface area contributed by atoms with Gasteiger partial charge >= 0.3 is 0 Å². The van der Waals surface area contributed by atoms with Crippen LogP contribution in [-0.2, 0) is 11.8 Å². The highest BCUT2D eigenvalue weighted by molar-refractivity contribution is 9.13. The first-order valence-corrected chi connectivity index (χ1v) is 11.7. The first-order chi connectivity index (χ1) is 13.6. The number of anilines is 3. The van der Waals surface area contributed by atoms with Crippen LogP contribution in [0.15, 0.2) is 63.5 Å². The van der Waals surface area contributed by atoms with Crippen LogP contribution in [0.3, 0.4) is 0 Å². The van der Waals surface area contributed by atoms with Crippen molar-refractivity contribution >= 4 is 48.9 Å². The summed E-state index contributed by atoms with van der Waals surface area (Å²) in [6.07, 6.45) is 1.04. The van der Waals surface area contributed by atoms with Crippen molar-refractivity contribution in [2.75, 3.05) is 4.90 Å². The zero-order chi connectivity index (χ0) is 21.3. The van der Waals surface area contributed by atoms with Crippen LogP contribution in [0.5, 0.6) is 0 Å². The molecule has 0 bridgehead atoms. The highest BCUT2D eigenvalue weighted by Crippen LogP contribution is 2.42. The minimum atomic E-state index is 0.127. The molecule has 1 nitrogen and oxygen atoms in total. The van der Waals surface area contributed by atoms with Crippen LogP contribution in [0.2, 0.25) is 0 Å². The molecule has 0 heterocycles. The average molecular weight is 515 g/mol. The summed E-state index contributed by atoms with van der Waals surface area (Å²) in [4.78, 5) is 2.37. The summed E-state index contributed by atoms with van der Waals surface area (Å²) in [5.41, 5.74) is 8.97. The standard InChI is InChI=1S/C26H29Br2N/c1-7-19-8-10-21(11-9-19)29(22-12-13-23(27)24(28)16-22)25-17(2)14-20(15-18(25)3)26(4,5)6/h8-16H,7H2,1-6H3. The summed E-state index contributed by atoms with van der Waals surface area (Å²) in [5, 5.41) is 0. The van der Waals surface area contributed by atoms with E-state index in [4.69, 9.17) is 0 Å². The fourth-order valence-electron chi connectivity index (χ4n) is 3.65. The second kappa shape index (κ2) is 8.65. The molecule has 3 aromatic carbocycles. The van der Waals surface area contributed by atoms with Crippen LogP contribution in [0.1, 0.15) is 49.9 Å². The van der Waals surface area contributed by atoms with E-state index in [0.29, 0.717) is 0 Å². The molecule has 0 aliphatic carbocycles. The predicted octanol–water partition coefficient (Wildman–Crippen LogP) is 9.16. The number of hydrogen-bond acceptors (Lipinski definition) is 1. The van der Waals surface area contributed by atoms with Gasteiger partial charge in [0.15, 0.2) is 0 Å². The number of aryl methyl sites for hydroxylation is 3. The topological polar surface area (TPSA) is 3.24 Å². The second-order valence-corrected chi connectivity index (χ2v) is 10.4. The van der Waals surface area contributed by atoms with Crippen LogP contribution in [0.25, 0.3) is 0 Å². The van der Waals surface area contributed by atoms with E-state index in [2.05, 4.69) is 133 Å². The van der Waals surface area contributed by atoms with E-state index in [9.17, 15) is 0 Å². The molecule has 0 aromatic heterocycles. The van der Waals surface area contributed by atoms with Gasteiger partial charge in [-0.05, 0) is 110 Å². The molecule has 0 aliphatic heterocycles. The molecule has 3 heteroatoms. The molecule has 152 valence electrons. The van der Waals surface area contributed by atoms with Crippen LogP contribution in [-0.4, -0.2) is 0 Å². The summed E-state index contributed by atoms with van der Waals surface area (Å²) >= 11 is 7.29. The Morgan fingerprint density at radius 3 is 1.79 bits per heavy atom. The van der Waals surface area contributed by atoms with Crippen molar-refractivity contribution in [1.82, 2.24) is 0 Å². The van der Waals surface area contributed by atoms with E-state index in [1.807, 2.05) is 0 Å². The first kappa shape index (κ1) is 22.1. The highest BCUT2D eigenvalue weighted by Gasteiger charge is 2.21. The van der Waals surface area contributed by atoms with E-state index >= 15 is 0 Å². The van der Waals surface area contributed by atoms with Gasteiger partial charge in [-0.3, -0.25) is 0 Å². The second-order valence-electron chi connectivity index (χ2n) is 8.66. The van der Waals surface area contributed by atoms with Gasteiger partial charge in [-0.15, -0.1) is 0 Å². The van der Waals surface area contributed by atoms with E-state index in [-0.39, 0.29) is 5.41 Å². The summed E-state index contributed by atoms with van der Waals surface area (Å²) in [5.74, 6) is 0. The zero-order valence-corrected chi connectivity index (χ0v) is 21.3. The van der Waals surface area contributed by atoms with Gasteiger partial charge in [-0.1, -0.05) is 52.0 Å². The third-order valence-electron chi connectivity index (χ3n) is 5.34. The van der Waals surface area contributed by atoms with Gasteiger partial charge in [0.25, 0.3) is 0 Å². The maximum atomic E-state index is 3.68. The lowest BCUT2D eigenvalue weighted by Gasteiger charge is -2.31. The van der Waals surface area contributed by atoms with Crippen LogP contribution in [0, 0.1) is 13.8 Å². The Kier molecular flexibility index (Phi) is 6.60. The van der Waals surface area contributed by atoms with Crippen molar-refractivity contribution in [3.63, 3.8) is 0 Å². The Hall–Kier alpha value is -1.58. The minimum absolute atomic E-state index is 0.127. The fourth-order valence-corrected chi connectivity index (χ4v) is 4.27. The Balaban J connectivity index is 2.24. The minimum Gasteiger partial charge on any atom is -0.310 e. The van der Waals surface area contributed by atoms with Crippen molar-refractivity contribution in [2.45, 2.75) is 53.4 Å². The van der Waals surface area contributed by atoms with Crippen molar-refractivity contribution in [2.24, 2.45) is 0 Å². The van der Waals surface area contributed by atoms with Gasteiger partial charge in [0.1, 0.15) is 0 Å². The van der Waals surface area contributed by atoms with E-state index in [1.54, 1.807) is 0 Å². The summed E-state index contributed by atoms with van der Waals surface area (Å²) in [6.45, 7) is 13.5. The SMILES string of the molecule is CCc1ccc(N(c2ccc(Br)c(Br)c2)c2c(C)cc(C(C)(C)C)cc2C)cc1. The van der Waals surface area contributed by atoms with Crippen LogP contribution < -0.4 is 4.90 Å². The normalized spacial score (nSPS) is 11.6. The quantitative estimate of drug-likeness (QED) is 0.335. The average Bonchev–Trinajstić information content (AvgIpc) is 2.66. The van der Waals surface area contributed by atoms with Crippen molar-refractivity contribution < 1.29 is 0 Å². The number of nitrogens with zero attached hydrogens (tertiary/aromatic N) is 1. The molecule has 0 unspecified atom stereocenters. The molecule has 0 saturated carbocycles. The van der Waals surface area contributed by atoms with Gasteiger partial charge in [0.2, 0.25) is 0 Å². The molecule has 0 aliphatic rings. The zero-order valence-electron chi connectivity index (χ0n) is 18.1. The number of halogens is 2. The lowest BCUT2D eigenvalue weighted by molar-refractivity contribution is 0.589. The third-order valence-corrected chi connectivity index (χ3v) is 7.22. The molecule has 0 amide bonds. The maximum Gasteiger partial charge on any atom is 0.0520 e. The van der Waals surface area contributed by atoms with E-state index < -0.39 is 0 Å². The molecule has 3 aromatic rings. The summed E-state index contributed by atoms with van der Waals surface area (Å²) < 4.78 is 2.10. The molecule has 29 heavy (non-hydrogen) atoms. The van der Waals surface area contributed by atoms with Crippen molar-refractivity contribution in [3.05, 3.63) is 85.8 Å². The van der Waals surface area contributed by atoms with E-state index in [1.165, 1.54) is 33.6 Å². The molecule has 0 fully saturated rings. The lowest BCUT2D eigenvalue weighted by atomic mass is 9.84. The Bertz CT molecular complexity index is 991. The van der Waals surface area contributed by atoms with Crippen LogP contribution in [0.4, 0.5) is 17.1 Å². The fraction of sp³-hybridized carbons (Fsp3) is 0.308. The van der Waals surface area contributed by atoms with Crippen molar-refractivity contribution in [3.8, 4) is 0 Å². The lowest BCUT2D eigenvalue weighted by Crippen LogP contribution is -2.16. The Morgan fingerprint density at radius 2 is 1.31 bits per heavy atom. The first-order valence-electron chi connectivity index (χ1n) is 10.1. The molecule has 0 radical (unpaired) electrons. The Morgan fingerprint density at radius 1 is 0.759 bits per heavy atom. The summed E-state index contributed by atoms with van der Waals surface area (Å²) in [6, 6.07) is 20.0. The molecular weight excluding hydrogens is 486 g/mol. The van der Waals surface area contributed by atoms with Gasteiger partial charge in [0.05, 0.1) is 5.69 Å². The van der Waals surface area contributed by atoms with Gasteiger partial charge < -0.3 is 4.90 Å². The smallest absolute Gasteiger partial charge is 0.0520 e. The molecule has 0 atom stereocenters. The third kappa shape index (κ3) is 4.78. The highest BCUT2D eigenvalue weighted by atomic mass is 79.9. The maximum absolute atomic E-state index is 3.68. The van der Waals surface area contributed by atoms with Gasteiger partial charge in [0, 0.05) is 20.3 Å². The predicted molar refractivity (Wildman–Crippen MR) is 134 cm³/mol. The van der Waals surface area contributed by atoms with Crippen molar-refractivity contribution in [1.29, 1.82) is 0 Å². The van der Waals surface area contributed by atoms with Gasteiger partial charge in [-0.25, -0.2) is 0 Å².